The normalized spacial score (nSPS) is 18.7. The molecule has 1 saturated heterocycles. The second kappa shape index (κ2) is 9.54. The molecule has 7 nitrogen and oxygen atoms in total. The molecule has 0 saturated carbocycles. The molecule has 0 N–H and O–H groups in total. The van der Waals surface area contributed by atoms with Gasteiger partial charge in [0, 0.05) is 33.6 Å². The summed E-state index contributed by atoms with van der Waals surface area (Å²) < 4.78 is 40.1. The molecule has 1 unspecified atom stereocenters. The number of likely N-dealkylation sites (tertiary alicyclic amines) is 1. The van der Waals surface area contributed by atoms with E-state index in [1.54, 1.807) is 24.2 Å². The molecule has 2 heterocycles. The number of carbonyl (C=O) groups is 2. The molecule has 33 heavy (non-hydrogen) atoms. The number of benzene rings is 1. The molecule has 1 aromatic carbocycles. The van der Waals surface area contributed by atoms with Crippen LogP contribution in [0.15, 0.2) is 36.7 Å². The Hall–Kier alpha value is -2.88. The van der Waals surface area contributed by atoms with Gasteiger partial charge < -0.3 is 14.7 Å². The molecule has 1 aromatic heterocycles. The number of rotatable bonds is 6. The van der Waals surface area contributed by atoms with Gasteiger partial charge in [0.25, 0.3) is 0 Å². The van der Waals surface area contributed by atoms with E-state index in [0.29, 0.717) is 37.4 Å². The van der Waals surface area contributed by atoms with Crippen molar-refractivity contribution in [2.24, 2.45) is 5.41 Å². The largest absolute Gasteiger partial charge is 0.416 e. The van der Waals surface area contributed by atoms with Gasteiger partial charge in [0.2, 0.25) is 5.91 Å². The molecular weight excluding hydrogens is 435 g/mol. The molecule has 2 amide bonds. The van der Waals surface area contributed by atoms with Crippen molar-refractivity contribution in [3.8, 4) is 0 Å². The SMILES string of the molecule is CC(=O)N(C)c1cnn(C(=O)N2CCC(C)(CCN(C)Cc3cccc(C(F)(F)F)c3)C2)c1. The molecule has 1 atom stereocenters. The first kappa shape index (κ1) is 24.8. The lowest BCUT2D eigenvalue weighted by Crippen LogP contribution is -2.35. The Bertz CT molecular complexity index is 1010. The number of anilines is 1. The number of halogens is 3. The highest BCUT2D eigenvalue weighted by molar-refractivity contribution is 5.91. The Kier molecular flexibility index (Phi) is 7.16. The molecule has 0 aliphatic carbocycles. The average Bonchev–Trinajstić information content (AvgIpc) is 3.39. The van der Waals surface area contributed by atoms with E-state index >= 15 is 0 Å². The fourth-order valence-electron chi connectivity index (χ4n) is 4.01. The summed E-state index contributed by atoms with van der Waals surface area (Å²) in [5, 5.41) is 4.10. The van der Waals surface area contributed by atoms with Crippen LogP contribution in [-0.4, -0.2) is 65.2 Å². The summed E-state index contributed by atoms with van der Waals surface area (Å²) in [5.41, 5.74) is 0.436. The van der Waals surface area contributed by atoms with E-state index < -0.39 is 11.7 Å². The van der Waals surface area contributed by atoms with Crippen molar-refractivity contribution >= 4 is 17.6 Å². The maximum absolute atomic E-state index is 12.9. The van der Waals surface area contributed by atoms with Gasteiger partial charge in [-0.1, -0.05) is 25.1 Å². The number of aromatic nitrogens is 2. The molecule has 1 aliphatic rings. The summed E-state index contributed by atoms with van der Waals surface area (Å²) >= 11 is 0. The topological polar surface area (TPSA) is 61.7 Å². The molecule has 2 aromatic rings. The van der Waals surface area contributed by atoms with Crippen LogP contribution in [0.5, 0.6) is 0 Å². The van der Waals surface area contributed by atoms with Crippen LogP contribution in [0, 0.1) is 5.41 Å². The molecule has 0 spiro atoms. The van der Waals surface area contributed by atoms with E-state index in [1.165, 1.54) is 34.8 Å². The number of hydrogen-bond acceptors (Lipinski definition) is 4. The van der Waals surface area contributed by atoms with Crippen LogP contribution in [-0.2, 0) is 17.5 Å². The van der Waals surface area contributed by atoms with Crippen molar-refractivity contribution in [2.45, 2.75) is 39.4 Å². The lowest BCUT2D eigenvalue weighted by Gasteiger charge is -2.27. The number of hydrogen-bond donors (Lipinski definition) is 0. The molecule has 10 heteroatoms. The molecule has 0 bridgehead atoms. The smallest absolute Gasteiger partial charge is 0.322 e. The number of alkyl halides is 3. The minimum absolute atomic E-state index is 0.0934. The van der Waals surface area contributed by atoms with Gasteiger partial charge in [-0.05, 0) is 43.5 Å². The predicted molar refractivity (Wildman–Crippen MR) is 119 cm³/mol. The highest BCUT2D eigenvalue weighted by Gasteiger charge is 2.37. The average molecular weight is 466 g/mol. The van der Waals surface area contributed by atoms with E-state index in [2.05, 4.69) is 12.0 Å². The van der Waals surface area contributed by atoms with Crippen LogP contribution in [0.2, 0.25) is 0 Å². The molecular formula is C23H30F3N5O2. The molecule has 3 rings (SSSR count). The minimum Gasteiger partial charge on any atom is -0.322 e. The fourth-order valence-corrected chi connectivity index (χ4v) is 4.01. The summed E-state index contributed by atoms with van der Waals surface area (Å²) in [5.74, 6) is -0.148. The van der Waals surface area contributed by atoms with Gasteiger partial charge in [-0.25, -0.2) is 4.79 Å². The minimum atomic E-state index is -4.35. The van der Waals surface area contributed by atoms with Gasteiger partial charge in [0.05, 0.1) is 23.6 Å². The monoisotopic (exact) mass is 465 g/mol. The van der Waals surface area contributed by atoms with Crippen molar-refractivity contribution < 1.29 is 22.8 Å². The van der Waals surface area contributed by atoms with Crippen molar-refractivity contribution in [1.29, 1.82) is 0 Å². The molecule has 1 fully saturated rings. The maximum atomic E-state index is 12.9. The number of carbonyl (C=O) groups excluding carboxylic acids is 2. The van der Waals surface area contributed by atoms with Gasteiger partial charge >= 0.3 is 12.2 Å². The first-order valence-corrected chi connectivity index (χ1v) is 10.8. The lowest BCUT2D eigenvalue weighted by molar-refractivity contribution is -0.137. The second-order valence-corrected chi connectivity index (χ2v) is 9.17. The fraction of sp³-hybridized carbons (Fsp3) is 0.522. The summed E-state index contributed by atoms with van der Waals surface area (Å²) in [6, 6.07) is 5.17. The van der Waals surface area contributed by atoms with E-state index in [4.69, 9.17) is 0 Å². The predicted octanol–water partition coefficient (Wildman–Crippen LogP) is 4.09. The zero-order valence-electron chi connectivity index (χ0n) is 19.4. The number of amides is 2. The summed E-state index contributed by atoms with van der Waals surface area (Å²) in [6.07, 6.45) is 0.319. The highest BCUT2D eigenvalue weighted by atomic mass is 19.4. The van der Waals surface area contributed by atoms with Crippen molar-refractivity contribution in [2.75, 3.05) is 38.6 Å². The van der Waals surface area contributed by atoms with Crippen molar-refractivity contribution in [3.63, 3.8) is 0 Å². The zero-order chi connectivity index (χ0) is 24.4. The van der Waals surface area contributed by atoms with Gasteiger partial charge in [0.1, 0.15) is 0 Å². The lowest BCUT2D eigenvalue weighted by atomic mass is 9.86. The van der Waals surface area contributed by atoms with Crippen LogP contribution in [0.4, 0.5) is 23.7 Å². The third-order valence-corrected chi connectivity index (χ3v) is 6.26. The molecule has 180 valence electrons. The van der Waals surface area contributed by atoms with Gasteiger partial charge in [-0.3, -0.25) is 4.79 Å². The Morgan fingerprint density at radius 1 is 1.24 bits per heavy atom. The molecule has 1 aliphatic heterocycles. The molecule has 0 radical (unpaired) electrons. The summed E-state index contributed by atoms with van der Waals surface area (Å²) in [6.45, 7) is 5.85. The van der Waals surface area contributed by atoms with E-state index in [-0.39, 0.29) is 17.4 Å². The summed E-state index contributed by atoms with van der Waals surface area (Å²) in [7, 11) is 3.51. The van der Waals surface area contributed by atoms with Gasteiger partial charge in [-0.2, -0.15) is 23.0 Å². The Morgan fingerprint density at radius 2 is 1.97 bits per heavy atom. The van der Waals surface area contributed by atoms with Gasteiger partial charge in [-0.15, -0.1) is 0 Å². The second-order valence-electron chi connectivity index (χ2n) is 9.17. The maximum Gasteiger partial charge on any atom is 0.416 e. The first-order valence-electron chi connectivity index (χ1n) is 10.8. The van der Waals surface area contributed by atoms with Crippen molar-refractivity contribution in [3.05, 3.63) is 47.8 Å². The third-order valence-electron chi connectivity index (χ3n) is 6.26. The summed E-state index contributed by atoms with van der Waals surface area (Å²) in [4.78, 5) is 29.5. The standard InChI is InChI=1S/C23H30F3N5O2/c1-17(32)29(4)20-13-27-31(15-20)21(33)30-11-9-22(2,16-30)8-10-28(3)14-18-6-5-7-19(12-18)23(24,25)26/h5-7,12-13,15H,8-11,14,16H2,1-4H3. The van der Waals surface area contributed by atoms with Crippen LogP contribution in [0.1, 0.15) is 37.8 Å². The number of nitrogens with zero attached hydrogens (tertiary/aromatic N) is 5. The Morgan fingerprint density at radius 3 is 2.64 bits per heavy atom. The first-order chi connectivity index (χ1) is 15.4. The quantitative estimate of drug-likeness (QED) is 0.645. The van der Waals surface area contributed by atoms with E-state index in [0.717, 1.165) is 18.9 Å². The van der Waals surface area contributed by atoms with E-state index in [9.17, 15) is 22.8 Å². The Labute approximate surface area is 191 Å². The van der Waals surface area contributed by atoms with Crippen LogP contribution < -0.4 is 4.90 Å². The van der Waals surface area contributed by atoms with Crippen molar-refractivity contribution in [1.82, 2.24) is 19.6 Å². The van der Waals surface area contributed by atoms with Crippen LogP contribution >= 0.6 is 0 Å². The third kappa shape index (κ3) is 6.13. The zero-order valence-corrected chi connectivity index (χ0v) is 19.4. The van der Waals surface area contributed by atoms with Crippen LogP contribution in [0.25, 0.3) is 0 Å². The highest BCUT2D eigenvalue weighted by Crippen LogP contribution is 2.34. The Balaban J connectivity index is 1.54. The van der Waals surface area contributed by atoms with E-state index in [1.807, 2.05) is 11.9 Å². The van der Waals surface area contributed by atoms with Crippen LogP contribution in [0.3, 0.4) is 0 Å². The van der Waals surface area contributed by atoms with Gasteiger partial charge in [0.15, 0.2) is 0 Å².